The number of halogens is 3. The second kappa shape index (κ2) is 6.64. The number of nitrogens with one attached hydrogen (secondary N) is 1. The molecule has 1 aliphatic rings. The Morgan fingerprint density at radius 2 is 1.90 bits per heavy atom. The molecule has 1 N–H and O–H groups in total. The molecule has 1 saturated carbocycles. The lowest BCUT2D eigenvalue weighted by atomic mass is 9.79. The first kappa shape index (κ1) is 16.1. The van der Waals surface area contributed by atoms with Crippen LogP contribution in [-0.4, -0.2) is 6.04 Å². The number of benzene rings is 1. The van der Waals surface area contributed by atoms with Gasteiger partial charge in [-0.15, -0.1) is 0 Å². The van der Waals surface area contributed by atoms with Crippen molar-refractivity contribution in [3.05, 3.63) is 33.6 Å². The van der Waals surface area contributed by atoms with Crippen molar-refractivity contribution in [2.24, 2.45) is 11.8 Å². The highest BCUT2D eigenvalue weighted by Gasteiger charge is 2.27. The van der Waals surface area contributed by atoms with Gasteiger partial charge in [-0.2, -0.15) is 0 Å². The van der Waals surface area contributed by atoms with E-state index in [0.717, 1.165) is 11.5 Å². The highest BCUT2D eigenvalue weighted by atomic mass is 35.5. The summed E-state index contributed by atoms with van der Waals surface area (Å²) in [7, 11) is 0. The smallest absolute Gasteiger partial charge is 0.142 e. The summed E-state index contributed by atoms with van der Waals surface area (Å²) in [4.78, 5) is 0. The molecule has 0 radical (unpaired) electrons. The molecule has 20 heavy (non-hydrogen) atoms. The van der Waals surface area contributed by atoms with E-state index in [0.29, 0.717) is 17.0 Å². The van der Waals surface area contributed by atoms with Crippen molar-refractivity contribution < 1.29 is 4.39 Å². The Labute approximate surface area is 130 Å². The van der Waals surface area contributed by atoms with E-state index < -0.39 is 5.82 Å². The van der Waals surface area contributed by atoms with Crippen molar-refractivity contribution >= 4 is 23.2 Å². The van der Waals surface area contributed by atoms with E-state index in [1.54, 1.807) is 0 Å². The minimum absolute atomic E-state index is 0.0233. The van der Waals surface area contributed by atoms with Gasteiger partial charge >= 0.3 is 0 Å². The fourth-order valence-corrected chi connectivity index (χ4v) is 3.74. The van der Waals surface area contributed by atoms with Crippen LogP contribution in [0.15, 0.2) is 12.1 Å². The first-order chi connectivity index (χ1) is 9.38. The Hall–Kier alpha value is -0.310. The van der Waals surface area contributed by atoms with Gasteiger partial charge in [-0.25, -0.2) is 4.39 Å². The van der Waals surface area contributed by atoms with Crippen LogP contribution in [0.5, 0.6) is 0 Å². The van der Waals surface area contributed by atoms with Crippen LogP contribution in [-0.2, 0) is 0 Å². The van der Waals surface area contributed by atoms with Crippen LogP contribution in [0.1, 0.15) is 51.6 Å². The minimum atomic E-state index is -0.412. The number of rotatable bonds is 3. The Morgan fingerprint density at radius 1 is 1.20 bits per heavy atom. The summed E-state index contributed by atoms with van der Waals surface area (Å²) >= 11 is 11.9. The fourth-order valence-electron chi connectivity index (χ4n) is 3.19. The van der Waals surface area contributed by atoms with Crippen LogP contribution in [0.3, 0.4) is 0 Å². The van der Waals surface area contributed by atoms with Gasteiger partial charge in [0, 0.05) is 17.1 Å². The second-order valence-electron chi connectivity index (χ2n) is 6.18. The lowest BCUT2D eigenvalue weighted by molar-refractivity contribution is 0.216. The molecule has 4 atom stereocenters. The predicted octanol–water partition coefficient (Wildman–Crippen LogP) is 5.61. The van der Waals surface area contributed by atoms with E-state index in [9.17, 15) is 4.39 Å². The minimum Gasteiger partial charge on any atom is -0.307 e. The van der Waals surface area contributed by atoms with Gasteiger partial charge in [-0.3, -0.25) is 0 Å². The molecular weight excluding hydrogens is 296 g/mol. The van der Waals surface area contributed by atoms with Gasteiger partial charge in [-0.1, -0.05) is 37.0 Å². The summed E-state index contributed by atoms with van der Waals surface area (Å²) in [5, 5.41) is 4.20. The van der Waals surface area contributed by atoms with Crippen molar-refractivity contribution in [3.8, 4) is 0 Å². The van der Waals surface area contributed by atoms with Crippen molar-refractivity contribution in [1.29, 1.82) is 0 Å². The Balaban J connectivity index is 2.08. The van der Waals surface area contributed by atoms with Gasteiger partial charge in [0.25, 0.3) is 0 Å². The fraction of sp³-hybridized carbons (Fsp3) is 0.625. The van der Waals surface area contributed by atoms with Crippen molar-refractivity contribution in [3.63, 3.8) is 0 Å². The molecule has 0 saturated heterocycles. The summed E-state index contributed by atoms with van der Waals surface area (Å²) in [6.07, 6.45) is 3.66. The lowest BCUT2D eigenvalue weighted by Crippen LogP contribution is -2.40. The average molecular weight is 318 g/mol. The predicted molar refractivity (Wildman–Crippen MR) is 83.9 cm³/mol. The summed E-state index contributed by atoms with van der Waals surface area (Å²) in [5.41, 5.74) is 0.777. The van der Waals surface area contributed by atoms with Crippen molar-refractivity contribution in [2.45, 2.75) is 52.1 Å². The molecule has 0 spiro atoms. The Kier molecular flexibility index (Phi) is 5.33. The largest absolute Gasteiger partial charge is 0.307 e. The molecule has 0 aliphatic heterocycles. The molecule has 1 aromatic carbocycles. The topological polar surface area (TPSA) is 12.0 Å². The van der Waals surface area contributed by atoms with Gasteiger partial charge in [0.05, 0.1) is 5.02 Å². The van der Waals surface area contributed by atoms with Gasteiger partial charge < -0.3 is 5.32 Å². The molecule has 1 aliphatic carbocycles. The maximum Gasteiger partial charge on any atom is 0.142 e. The van der Waals surface area contributed by atoms with Gasteiger partial charge in [0.2, 0.25) is 0 Å². The van der Waals surface area contributed by atoms with E-state index in [4.69, 9.17) is 23.2 Å². The lowest BCUT2D eigenvalue weighted by Gasteiger charge is -2.35. The van der Waals surface area contributed by atoms with Crippen LogP contribution in [0.2, 0.25) is 10.0 Å². The highest BCUT2D eigenvalue weighted by Crippen LogP contribution is 2.33. The normalized spacial score (nSPS) is 28.4. The maximum atomic E-state index is 13.6. The summed E-state index contributed by atoms with van der Waals surface area (Å²) < 4.78 is 13.6. The van der Waals surface area contributed by atoms with Crippen LogP contribution in [0.4, 0.5) is 4.39 Å². The molecule has 1 fully saturated rings. The molecule has 0 amide bonds. The highest BCUT2D eigenvalue weighted by molar-refractivity contribution is 6.35. The first-order valence-corrected chi connectivity index (χ1v) is 8.04. The van der Waals surface area contributed by atoms with E-state index in [-0.39, 0.29) is 11.1 Å². The summed E-state index contributed by atoms with van der Waals surface area (Å²) in [6, 6.07) is 3.42. The van der Waals surface area contributed by atoms with Gasteiger partial charge in [0.15, 0.2) is 0 Å². The second-order valence-corrected chi connectivity index (χ2v) is 6.99. The quantitative estimate of drug-likeness (QED) is 0.715. The van der Waals surface area contributed by atoms with E-state index in [1.807, 2.05) is 6.92 Å². The standard InChI is InChI=1S/C16H22Cl2FN/c1-9-4-5-16(10(2)6-9)20-11(3)12-7-15(19)14(18)8-13(12)17/h7-11,16,20H,4-6H2,1-3H3. The van der Waals surface area contributed by atoms with Crippen LogP contribution >= 0.6 is 23.2 Å². The molecule has 112 valence electrons. The molecule has 1 nitrogen and oxygen atoms in total. The number of hydrogen-bond acceptors (Lipinski definition) is 1. The molecule has 2 rings (SSSR count). The Morgan fingerprint density at radius 3 is 2.55 bits per heavy atom. The molecular formula is C16H22Cl2FN. The SMILES string of the molecule is CC1CCC(NC(C)c2cc(F)c(Cl)cc2Cl)C(C)C1. The van der Waals surface area contributed by atoms with E-state index in [1.165, 1.54) is 31.4 Å². The monoisotopic (exact) mass is 317 g/mol. The molecule has 4 heteroatoms. The van der Waals surface area contributed by atoms with Crippen molar-refractivity contribution in [1.82, 2.24) is 5.32 Å². The average Bonchev–Trinajstić information content (AvgIpc) is 2.37. The third kappa shape index (κ3) is 3.66. The first-order valence-electron chi connectivity index (χ1n) is 7.29. The van der Waals surface area contributed by atoms with Gasteiger partial charge in [-0.05, 0) is 55.7 Å². The van der Waals surface area contributed by atoms with Crippen LogP contribution in [0.25, 0.3) is 0 Å². The molecule has 0 aromatic heterocycles. The zero-order valence-electron chi connectivity index (χ0n) is 12.2. The Bertz CT molecular complexity index is 478. The number of hydrogen-bond donors (Lipinski definition) is 1. The summed E-state index contributed by atoms with van der Waals surface area (Å²) in [5.74, 6) is 1.03. The third-order valence-electron chi connectivity index (χ3n) is 4.40. The van der Waals surface area contributed by atoms with Gasteiger partial charge in [0.1, 0.15) is 5.82 Å². The zero-order chi connectivity index (χ0) is 14.9. The van der Waals surface area contributed by atoms with Crippen LogP contribution in [0, 0.1) is 17.7 Å². The van der Waals surface area contributed by atoms with E-state index >= 15 is 0 Å². The molecule has 1 aromatic rings. The maximum absolute atomic E-state index is 13.6. The van der Waals surface area contributed by atoms with Crippen LogP contribution < -0.4 is 5.32 Å². The third-order valence-corrected chi connectivity index (χ3v) is 5.02. The van der Waals surface area contributed by atoms with Crippen molar-refractivity contribution in [2.75, 3.05) is 0 Å². The zero-order valence-corrected chi connectivity index (χ0v) is 13.7. The molecule has 0 heterocycles. The molecule has 0 bridgehead atoms. The summed E-state index contributed by atoms with van der Waals surface area (Å²) in [6.45, 7) is 6.62. The molecule has 4 unspecified atom stereocenters. The van der Waals surface area contributed by atoms with E-state index in [2.05, 4.69) is 19.2 Å².